The van der Waals surface area contributed by atoms with Gasteiger partial charge in [0.25, 0.3) is 0 Å². The van der Waals surface area contributed by atoms with Crippen LogP contribution in [-0.2, 0) is 21.4 Å². The fourth-order valence-corrected chi connectivity index (χ4v) is 3.62. The average Bonchev–Trinajstić information content (AvgIpc) is 3.17. The van der Waals surface area contributed by atoms with Crippen LogP contribution in [0, 0.1) is 0 Å². The van der Waals surface area contributed by atoms with E-state index in [1.54, 1.807) is 41.3 Å². The van der Waals surface area contributed by atoms with Gasteiger partial charge in [-0.2, -0.15) is 9.82 Å². The second-order valence-electron chi connectivity index (χ2n) is 5.94. The third kappa shape index (κ3) is 4.99. The minimum absolute atomic E-state index is 0.113. The quantitative estimate of drug-likeness (QED) is 0.643. The Labute approximate surface area is 157 Å². The molecule has 0 radical (unpaired) electrons. The van der Waals surface area contributed by atoms with Crippen LogP contribution in [0.3, 0.4) is 0 Å². The monoisotopic (exact) mass is 385 g/mol. The fraction of sp³-hybridized carbons (Fsp3) is 0.167. The summed E-state index contributed by atoms with van der Waals surface area (Å²) in [7, 11) is -3.76. The largest absolute Gasteiger partial charge is 0.325 e. The molecule has 0 aliphatic heterocycles. The van der Waals surface area contributed by atoms with Crippen LogP contribution in [-0.4, -0.2) is 35.1 Å². The van der Waals surface area contributed by atoms with Crippen molar-refractivity contribution in [3.05, 3.63) is 72.8 Å². The van der Waals surface area contributed by atoms with Crippen molar-refractivity contribution in [1.29, 1.82) is 0 Å². The first kappa shape index (κ1) is 18.7. The zero-order valence-electron chi connectivity index (χ0n) is 14.6. The Morgan fingerprint density at radius 3 is 2.44 bits per heavy atom. The van der Waals surface area contributed by atoms with Gasteiger partial charge in [-0.15, -0.1) is 0 Å². The highest BCUT2D eigenvalue weighted by atomic mass is 32.2. The number of benzene rings is 2. The topological polar surface area (TPSA) is 106 Å². The van der Waals surface area contributed by atoms with Gasteiger partial charge in [0.1, 0.15) is 12.7 Å². The van der Waals surface area contributed by atoms with Crippen molar-refractivity contribution in [1.82, 2.24) is 19.5 Å². The number of aromatic nitrogens is 3. The van der Waals surface area contributed by atoms with Crippen LogP contribution in [0.25, 0.3) is 0 Å². The summed E-state index contributed by atoms with van der Waals surface area (Å²) in [5.41, 5.74) is 1.57. The van der Waals surface area contributed by atoms with Crippen molar-refractivity contribution in [2.24, 2.45) is 0 Å². The Hall–Kier alpha value is -3.04. The molecule has 3 rings (SSSR count). The first-order valence-corrected chi connectivity index (χ1v) is 9.72. The molecule has 8 nitrogen and oxygen atoms in total. The van der Waals surface area contributed by atoms with Gasteiger partial charge in [-0.3, -0.25) is 4.79 Å². The van der Waals surface area contributed by atoms with E-state index in [4.69, 9.17) is 0 Å². The van der Waals surface area contributed by atoms with Gasteiger partial charge in [-0.1, -0.05) is 30.3 Å². The maximum Gasteiger partial charge on any atom is 0.242 e. The fourth-order valence-electron chi connectivity index (χ4n) is 2.40. The van der Waals surface area contributed by atoms with E-state index in [2.05, 4.69) is 20.1 Å². The SMILES string of the molecule is C[C@H](NS(=O)(=O)c1ccccc1)C(=O)Nc1ccc(Cn2cncn2)cc1. The third-order valence-electron chi connectivity index (χ3n) is 3.81. The average molecular weight is 385 g/mol. The molecule has 1 atom stereocenters. The summed E-state index contributed by atoms with van der Waals surface area (Å²) >= 11 is 0. The van der Waals surface area contributed by atoms with Gasteiger partial charge in [0.05, 0.1) is 17.5 Å². The van der Waals surface area contributed by atoms with Gasteiger partial charge < -0.3 is 5.32 Å². The number of sulfonamides is 1. The zero-order valence-corrected chi connectivity index (χ0v) is 15.4. The second kappa shape index (κ2) is 8.11. The highest BCUT2D eigenvalue weighted by Gasteiger charge is 2.21. The molecule has 27 heavy (non-hydrogen) atoms. The Morgan fingerprint density at radius 1 is 1.11 bits per heavy atom. The lowest BCUT2D eigenvalue weighted by Gasteiger charge is -2.14. The molecule has 1 heterocycles. The number of anilines is 1. The summed E-state index contributed by atoms with van der Waals surface area (Å²) in [6, 6.07) is 14.2. The maximum atomic E-state index is 12.3. The lowest BCUT2D eigenvalue weighted by molar-refractivity contribution is -0.117. The molecule has 2 N–H and O–H groups in total. The highest BCUT2D eigenvalue weighted by Crippen LogP contribution is 2.12. The van der Waals surface area contributed by atoms with Crippen molar-refractivity contribution in [3.63, 3.8) is 0 Å². The molecule has 0 aliphatic carbocycles. The molecule has 0 fully saturated rings. The van der Waals surface area contributed by atoms with Gasteiger partial charge in [-0.05, 0) is 36.8 Å². The summed E-state index contributed by atoms with van der Waals surface area (Å²) in [6.45, 7) is 2.07. The second-order valence-corrected chi connectivity index (χ2v) is 7.65. The van der Waals surface area contributed by atoms with E-state index in [0.29, 0.717) is 12.2 Å². The first-order valence-electron chi connectivity index (χ1n) is 8.24. The van der Waals surface area contributed by atoms with E-state index in [0.717, 1.165) is 5.56 Å². The van der Waals surface area contributed by atoms with Crippen molar-refractivity contribution >= 4 is 21.6 Å². The molecule has 1 amide bonds. The van der Waals surface area contributed by atoms with E-state index >= 15 is 0 Å². The molecule has 0 unspecified atom stereocenters. The molecule has 0 aliphatic rings. The van der Waals surface area contributed by atoms with Crippen molar-refractivity contribution in [3.8, 4) is 0 Å². The molecule has 2 aromatic carbocycles. The van der Waals surface area contributed by atoms with Crippen molar-refractivity contribution in [2.75, 3.05) is 5.32 Å². The molecule has 0 saturated heterocycles. The number of hydrogen-bond donors (Lipinski definition) is 2. The molecule has 9 heteroatoms. The predicted octanol–water partition coefficient (Wildman–Crippen LogP) is 1.63. The van der Waals surface area contributed by atoms with Crippen LogP contribution in [0.2, 0.25) is 0 Å². The van der Waals surface area contributed by atoms with E-state index in [-0.39, 0.29) is 4.90 Å². The van der Waals surface area contributed by atoms with Crippen LogP contribution < -0.4 is 10.0 Å². The standard InChI is InChI=1S/C18H19N5O3S/c1-14(22-27(25,26)17-5-3-2-4-6-17)18(24)21-16-9-7-15(8-10-16)11-23-13-19-12-20-23/h2-10,12-14,22H,11H2,1H3,(H,21,24)/t14-/m0/s1. The normalized spacial score (nSPS) is 12.5. The molecule has 1 aromatic heterocycles. The maximum absolute atomic E-state index is 12.3. The highest BCUT2D eigenvalue weighted by molar-refractivity contribution is 7.89. The molecular weight excluding hydrogens is 366 g/mol. The zero-order chi connectivity index (χ0) is 19.3. The van der Waals surface area contributed by atoms with Crippen molar-refractivity contribution in [2.45, 2.75) is 24.4 Å². The number of carbonyl (C=O) groups excluding carboxylic acids is 1. The Balaban J connectivity index is 1.59. The summed E-state index contributed by atoms with van der Waals surface area (Å²) in [4.78, 5) is 16.3. The summed E-state index contributed by atoms with van der Waals surface area (Å²) in [5, 5.41) is 6.74. The Bertz CT molecular complexity index is 987. The molecule has 0 saturated carbocycles. The number of carbonyl (C=O) groups is 1. The number of amides is 1. The van der Waals surface area contributed by atoms with Crippen LogP contribution in [0.1, 0.15) is 12.5 Å². The van der Waals surface area contributed by atoms with Crippen LogP contribution >= 0.6 is 0 Å². The molecule has 3 aromatic rings. The molecule has 0 spiro atoms. The van der Waals surface area contributed by atoms with E-state index in [9.17, 15) is 13.2 Å². The minimum atomic E-state index is -3.76. The number of nitrogens with one attached hydrogen (secondary N) is 2. The van der Waals surface area contributed by atoms with E-state index in [1.807, 2.05) is 12.1 Å². The van der Waals surface area contributed by atoms with Gasteiger partial charge in [-0.25, -0.2) is 18.1 Å². The number of hydrogen-bond acceptors (Lipinski definition) is 5. The number of nitrogens with zero attached hydrogens (tertiary/aromatic N) is 3. The lowest BCUT2D eigenvalue weighted by Crippen LogP contribution is -2.41. The first-order chi connectivity index (χ1) is 12.9. The van der Waals surface area contributed by atoms with Crippen molar-refractivity contribution < 1.29 is 13.2 Å². The molecule has 0 bridgehead atoms. The van der Waals surface area contributed by atoms with E-state index < -0.39 is 22.0 Å². The number of rotatable bonds is 7. The van der Waals surface area contributed by atoms with Gasteiger partial charge in [0, 0.05) is 5.69 Å². The summed E-state index contributed by atoms with van der Waals surface area (Å²) in [5.74, 6) is -0.446. The summed E-state index contributed by atoms with van der Waals surface area (Å²) < 4.78 is 28.6. The van der Waals surface area contributed by atoms with E-state index in [1.165, 1.54) is 25.4 Å². The minimum Gasteiger partial charge on any atom is -0.325 e. The molecular formula is C18H19N5O3S. The summed E-state index contributed by atoms with van der Waals surface area (Å²) in [6.07, 6.45) is 3.09. The Kier molecular flexibility index (Phi) is 5.63. The molecule has 140 valence electrons. The smallest absolute Gasteiger partial charge is 0.242 e. The van der Waals surface area contributed by atoms with Crippen LogP contribution in [0.15, 0.2) is 72.1 Å². The van der Waals surface area contributed by atoms with Gasteiger partial charge in [0.2, 0.25) is 15.9 Å². The third-order valence-corrected chi connectivity index (χ3v) is 5.37. The predicted molar refractivity (Wildman–Crippen MR) is 100 cm³/mol. The van der Waals surface area contributed by atoms with Gasteiger partial charge >= 0.3 is 0 Å². The van der Waals surface area contributed by atoms with Crippen LogP contribution in [0.5, 0.6) is 0 Å². The Morgan fingerprint density at radius 2 is 1.81 bits per heavy atom. The van der Waals surface area contributed by atoms with Crippen LogP contribution in [0.4, 0.5) is 5.69 Å². The lowest BCUT2D eigenvalue weighted by atomic mass is 10.2. The van der Waals surface area contributed by atoms with Gasteiger partial charge in [0.15, 0.2) is 0 Å².